The fourth-order valence-corrected chi connectivity index (χ4v) is 1.93. The average molecular weight is 360 g/mol. The SMILES string of the molecule is COc1ccc(NC(=O)OCCOC(=O)Nc2ccc(OC)cc2)cc1. The highest BCUT2D eigenvalue weighted by atomic mass is 16.6. The molecule has 138 valence electrons. The van der Waals surface area contributed by atoms with Crippen molar-refractivity contribution in [1.82, 2.24) is 0 Å². The van der Waals surface area contributed by atoms with Gasteiger partial charge in [-0.1, -0.05) is 0 Å². The number of ether oxygens (including phenoxy) is 4. The molecule has 2 rings (SSSR count). The molecule has 0 saturated heterocycles. The van der Waals surface area contributed by atoms with Crippen LogP contribution in [0.4, 0.5) is 21.0 Å². The summed E-state index contributed by atoms with van der Waals surface area (Å²) in [5.41, 5.74) is 1.13. The average Bonchev–Trinajstić information content (AvgIpc) is 2.66. The molecule has 0 heterocycles. The Balaban J connectivity index is 1.63. The van der Waals surface area contributed by atoms with Crippen molar-refractivity contribution in [3.05, 3.63) is 48.5 Å². The van der Waals surface area contributed by atoms with E-state index in [9.17, 15) is 9.59 Å². The highest BCUT2D eigenvalue weighted by Crippen LogP contribution is 2.16. The highest BCUT2D eigenvalue weighted by molar-refractivity contribution is 5.85. The van der Waals surface area contributed by atoms with E-state index in [1.165, 1.54) is 0 Å². The largest absolute Gasteiger partial charge is 0.497 e. The van der Waals surface area contributed by atoms with Crippen molar-refractivity contribution in [2.24, 2.45) is 0 Å². The number of carbonyl (C=O) groups excluding carboxylic acids is 2. The summed E-state index contributed by atoms with van der Waals surface area (Å²) >= 11 is 0. The Morgan fingerprint density at radius 1 is 0.692 bits per heavy atom. The van der Waals surface area contributed by atoms with Gasteiger partial charge in [0.05, 0.1) is 14.2 Å². The van der Waals surface area contributed by atoms with Crippen LogP contribution in [0, 0.1) is 0 Å². The molecule has 0 aliphatic heterocycles. The molecule has 0 unspecified atom stereocenters. The minimum Gasteiger partial charge on any atom is -0.497 e. The van der Waals surface area contributed by atoms with Gasteiger partial charge in [0.15, 0.2) is 0 Å². The van der Waals surface area contributed by atoms with Gasteiger partial charge < -0.3 is 18.9 Å². The molecular weight excluding hydrogens is 340 g/mol. The van der Waals surface area contributed by atoms with Gasteiger partial charge in [0.1, 0.15) is 24.7 Å². The van der Waals surface area contributed by atoms with Crippen LogP contribution in [0.2, 0.25) is 0 Å². The molecule has 0 aromatic heterocycles. The Morgan fingerprint density at radius 3 is 1.35 bits per heavy atom. The van der Waals surface area contributed by atoms with Gasteiger partial charge in [0.25, 0.3) is 0 Å². The van der Waals surface area contributed by atoms with E-state index < -0.39 is 12.2 Å². The van der Waals surface area contributed by atoms with Crippen LogP contribution in [-0.2, 0) is 9.47 Å². The normalized spacial score (nSPS) is 9.77. The number of anilines is 2. The summed E-state index contributed by atoms with van der Waals surface area (Å²) in [6, 6.07) is 13.6. The van der Waals surface area contributed by atoms with Crippen LogP contribution in [0.5, 0.6) is 11.5 Å². The number of methoxy groups -OCH3 is 2. The second kappa shape index (κ2) is 9.77. The van der Waals surface area contributed by atoms with E-state index in [1.54, 1.807) is 62.8 Å². The molecule has 2 aromatic carbocycles. The van der Waals surface area contributed by atoms with E-state index in [2.05, 4.69) is 10.6 Å². The summed E-state index contributed by atoms with van der Waals surface area (Å²) in [5, 5.41) is 5.09. The zero-order valence-corrected chi connectivity index (χ0v) is 14.5. The van der Waals surface area contributed by atoms with Crippen LogP contribution in [0.1, 0.15) is 0 Å². The standard InChI is InChI=1S/C18H20N2O6/c1-23-15-7-3-13(4-8-15)19-17(21)25-11-12-26-18(22)20-14-5-9-16(24-2)10-6-14/h3-10H,11-12H2,1-2H3,(H,19,21)(H,20,22). The van der Waals surface area contributed by atoms with Gasteiger partial charge in [-0.15, -0.1) is 0 Å². The smallest absolute Gasteiger partial charge is 0.411 e. The summed E-state index contributed by atoms with van der Waals surface area (Å²) in [7, 11) is 3.11. The van der Waals surface area contributed by atoms with Gasteiger partial charge in [-0.2, -0.15) is 0 Å². The van der Waals surface area contributed by atoms with E-state index >= 15 is 0 Å². The lowest BCUT2D eigenvalue weighted by molar-refractivity contribution is 0.110. The molecule has 26 heavy (non-hydrogen) atoms. The molecule has 2 N–H and O–H groups in total. The molecule has 0 spiro atoms. The first-order chi connectivity index (χ1) is 12.6. The van der Waals surface area contributed by atoms with Crippen molar-refractivity contribution < 1.29 is 28.5 Å². The molecule has 8 nitrogen and oxygen atoms in total. The van der Waals surface area contributed by atoms with E-state index in [1.807, 2.05) is 0 Å². The Hall–Kier alpha value is -3.42. The van der Waals surface area contributed by atoms with Crippen molar-refractivity contribution in [1.29, 1.82) is 0 Å². The number of amides is 2. The number of rotatable bonds is 7. The zero-order chi connectivity index (χ0) is 18.8. The first-order valence-electron chi connectivity index (χ1n) is 7.76. The molecular formula is C18H20N2O6. The Kier molecular flexibility index (Phi) is 7.11. The second-order valence-corrected chi connectivity index (χ2v) is 4.98. The first kappa shape index (κ1) is 18.9. The lowest BCUT2D eigenvalue weighted by atomic mass is 10.3. The topological polar surface area (TPSA) is 95.1 Å². The third-order valence-electron chi connectivity index (χ3n) is 3.22. The van der Waals surface area contributed by atoms with Gasteiger partial charge in [-0.3, -0.25) is 10.6 Å². The summed E-state index contributed by atoms with van der Waals surface area (Å²) in [6.45, 7) is -0.143. The lowest BCUT2D eigenvalue weighted by Gasteiger charge is -2.09. The van der Waals surface area contributed by atoms with E-state index in [-0.39, 0.29) is 13.2 Å². The molecule has 2 amide bonds. The van der Waals surface area contributed by atoms with Crippen molar-refractivity contribution in [2.45, 2.75) is 0 Å². The van der Waals surface area contributed by atoms with Gasteiger partial charge in [0.2, 0.25) is 0 Å². The maximum atomic E-state index is 11.6. The van der Waals surface area contributed by atoms with E-state index in [4.69, 9.17) is 18.9 Å². The molecule has 0 atom stereocenters. The number of benzene rings is 2. The molecule has 8 heteroatoms. The predicted octanol–water partition coefficient (Wildman–Crippen LogP) is 3.50. The minimum atomic E-state index is -0.644. The maximum absolute atomic E-state index is 11.6. The van der Waals surface area contributed by atoms with Crippen molar-refractivity contribution in [2.75, 3.05) is 38.1 Å². The molecule has 2 aromatic rings. The predicted molar refractivity (Wildman–Crippen MR) is 95.9 cm³/mol. The maximum Gasteiger partial charge on any atom is 0.411 e. The molecule has 0 radical (unpaired) electrons. The number of carbonyl (C=O) groups is 2. The molecule has 0 saturated carbocycles. The summed E-state index contributed by atoms with van der Waals surface area (Å²) < 4.78 is 19.9. The van der Waals surface area contributed by atoms with Gasteiger partial charge in [0, 0.05) is 11.4 Å². The Bertz CT molecular complexity index is 652. The lowest BCUT2D eigenvalue weighted by Crippen LogP contribution is -2.20. The van der Waals surface area contributed by atoms with Crippen molar-refractivity contribution in [3.8, 4) is 11.5 Å². The van der Waals surface area contributed by atoms with Crippen LogP contribution < -0.4 is 20.1 Å². The number of hydrogen-bond acceptors (Lipinski definition) is 6. The third kappa shape index (κ3) is 6.23. The second-order valence-electron chi connectivity index (χ2n) is 4.98. The Labute approximate surface area is 151 Å². The van der Waals surface area contributed by atoms with Crippen LogP contribution >= 0.6 is 0 Å². The minimum absolute atomic E-state index is 0.0714. The van der Waals surface area contributed by atoms with E-state index in [0.29, 0.717) is 22.9 Å². The fraction of sp³-hybridized carbons (Fsp3) is 0.222. The van der Waals surface area contributed by atoms with Crippen LogP contribution in [-0.4, -0.2) is 39.6 Å². The van der Waals surface area contributed by atoms with Gasteiger partial charge >= 0.3 is 12.2 Å². The summed E-state index contributed by atoms with van der Waals surface area (Å²) in [4.78, 5) is 23.3. The number of hydrogen-bond donors (Lipinski definition) is 2. The van der Waals surface area contributed by atoms with Gasteiger partial charge in [-0.05, 0) is 48.5 Å². The van der Waals surface area contributed by atoms with E-state index in [0.717, 1.165) is 0 Å². The van der Waals surface area contributed by atoms with Crippen molar-refractivity contribution >= 4 is 23.6 Å². The first-order valence-corrected chi connectivity index (χ1v) is 7.76. The number of nitrogens with one attached hydrogen (secondary N) is 2. The van der Waals surface area contributed by atoms with Crippen LogP contribution in [0.3, 0.4) is 0 Å². The fourth-order valence-electron chi connectivity index (χ4n) is 1.93. The Morgan fingerprint density at radius 2 is 1.04 bits per heavy atom. The monoisotopic (exact) mass is 360 g/mol. The molecule has 0 fully saturated rings. The van der Waals surface area contributed by atoms with Crippen LogP contribution in [0.15, 0.2) is 48.5 Å². The zero-order valence-electron chi connectivity index (χ0n) is 14.5. The third-order valence-corrected chi connectivity index (χ3v) is 3.22. The van der Waals surface area contributed by atoms with Gasteiger partial charge in [-0.25, -0.2) is 9.59 Å². The van der Waals surface area contributed by atoms with Crippen LogP contribution in [0.25, 0.3) is 0 Å². The molecule has 0 bridgehead atoms. The molecule has 0 aliphatic carbocycles. The quantitative estimate of drug-likeness (QED) is 0.734. The highest BCUT2D eigenvalue weighted by Gasteiger charge is 2.06. The summed E-state index contributed by atoms with van der Waals surface area (Å²) in [6.07, 6.45) is -1.29. The van der Waals surface area contributed by atoms with Crippen molar-refractivity contribution in [3.63, 3.8) is 0 Å². The summed E-state index contributed by atoms with van der Waals surface area (Å²) in [5.74, 6) is 1.36. The molecule has 0 aliphatic rings.